The highest BCUT2D eigenvalue weighted by Crippen LogP contribution is 2.46. The molecule has 0 aliphatic carbocycles. The summed E-state index contributed by atoms with van der Waals surface area (Å²) in [5, 5.41) is 2.72. The highest BCUT2D eigenvalue weighted by molar-refractivity contribution is 5.92. The predicted octanol–water partition coefficient (Wildman–Crippen LogP) is 3.32. The van der Waals surface area contributed by atoms with Crippen LogP contribution in [0.5, 0.6) is 0 Å². The van der Waals surface area contributed by atoms with E-state index in [9.17, 15) is 4.79 Å². The molecule has 9 heteroatoms. The van der Waals surface area contributed by atoms with Gasteiger partial charge in [-0.05, 0) is 6.42 Å². The lowest BCUT2D eigenvalue weighted by molar-refractivity contribution is -0.118. The normalized spacial score (nSPS) is 26.8. The average Bonchev–Trinajstić information content (AvgIpc) is 3.21. The molecule has 2 aromatic rings. The molecule has 1 aliphatic rings. The van der Waals surface area contributed by atoms with Crippen LogP contribution in [-0.4, -0.2) is 51.3 Å². The van der Waals surface area contributed by atoms with E-state index in [0.717, 1.165) is 0 Å². The maximum absolute atomic E-state index is 15.3. The zero-order valence-corrected chi connectivity index (χ0v) is 17.8. The zero-order valence-electron chi connectivity index (χ0n) is 17.8. The maximum atomic E-state index is 15.3. The molecule has 4 atom stereocenters. The Morgan fingerprint density at radius 1 is 1.48 bits per heavy atom. The van der Waals surface area contributed by atoms with Gasteiger partial charge in [0.15, 0.2) is 29.4 Å². The fraction of sp³-hybridized carbons (Fsp3) is 0.600. The lowest BCUT2D eigenvalue weighted by Gasteiger charge is -2.27. The monoisotopic (exact) mass is 404 g/mol. The topological polar surface area (TPSA) is 85.2 Å². The van der Waals surface area contributed by atoms with Crippen molar-refractivity contribution in [2.24, 2.45) is 11.8 Å². The molecule has 158 valence electrons. The molecule has 0 bridgehead atoms. The van der Waals surface area contributed by atoms with Crippen LogP contribution in [0.25, 0.3) is 11.2 Å². The molecule has 0 aromatic carbocycles. The molecular formula is C20H29FN6O2. The van der Waals surface area contributed by atoms with Crippen molar-refractivity contribution in [2.45, 2.75) is 52.1 Å². The first-order valence-corrected chi connectivity index (χ1v) is 9.83. The average molecular weight is 404 g/mol. The predicted molar refractivity (Wildman–Crippen MR) is 111 cm³/mol. The molecule has 8 nitrogen and oxygen atoms in total. The first kappa shape index (κ1) is 21.2. The van der Waals surface area contributed by atoms with E-state index < -0.39 is 18.0 Å². The fourth-order valence-corrected chi connectivity index (χ4v) is 3.62. The molecule has 1 amide bonds. The van der Waals surface area contributed by atoms with Crippen molar-refractivity contribution in [2.75, 3.05) is 24.3 Å². The number of imidazole rings is 1. The molecule has 3 rings (SSSR count). The van der Waals surface area contributed by atoms with Crippen molar-refractivity contribution in [1.29, 1.82) is 0 Å². The van der Waals surface area contributed by atoms with Crippen molar-refractivity contribution in [1.82, 2.24) is 19.5 Å². The van der Waals surface area contributed by atoms with Gasteiger partial charge in [-0.25, -0.2) is 9.37 Å². The molecule has 0 unspecified atom stereocenters. The van der Waals surface area contributed by atoms with Crippen LogP contribution in [-0.2, 0) is 9.53 Å². The summed E-state index contributed by atoms with van der Waals surface area (Å²) in [5.74, 6) is -0.129. The Kier molecular flexibility index (Phi) is 5.62. The number of alkyl halides is 1. The lowest BCUT2D eigenvalue weighted by atomic mass is 9.85. The number of hydrogen-bond donors (Lipinski definition) is 1. The van der Waals surface area contributed by atoms with Crippen LogP contribution in [0.1, 0.15) is 40.3 Å². The van der Waals surface area contributed by atoms with Crippen LogP contribution >= 0.6 is 0 Å². The molecule has 2 aromatic heterocycles. The summed E-state index contributed by atoms with van der Waals surface area (Å²) in [6, 6.07) is 0. The largest absolute Gasteiger partial charge is 0.361 e. The van der Waals surface area contributed by atoms with E-state index >= 15 is 4.39 Å². The van der Waals surface area contributed by atoms with Gasteiger partial charge in [0.05, 0.1) is 11.9 Å². The van der Waals surface area contributed by atoms with Crippen molar-refractivity contribution < 1.29 is 13.9 Å². The van der Waals surface area contributed by atoms with E-state index in [4.69, 9.17) is 4.74 Å². The summed E-state index contributed by atoms with van der Waals surface area (Å²) in [7, 11) is 3.64. The number of halogens is 1. The molecule has 0 saturated carbocycles. The van der Waals surface area contributed by atoms with Gasteiger partial charge < -0.3 is 9.64 Å². The molecular weight excluding hydrogens is 375 g/mol. The minimum absolute atomic E-state index is 0.147. The smallest absolute Gasteiger partial charge is 0.233 e. The molecule has 1 fully saturated rings. The van der Waals surface area contributed by atoms with Crippen LogP contribution in [0.3, 0.4) is 0 Å². The Morgan fingerprint density at radius 3 is 2.69 bits per heavy atom. The number of anilines is 2. The summed E-state index contributed by atoms with van der Waals surface area (Å²) < 4.78 is 23.0. The molecule has 3 heterocycles. The van der Waals surface area contributed by atoms with Gasteiger partial charge in [-0.15, -0.1) is 6.58 Å². The number of amides is 1. The Bertz CT molecular complexity index is 927. The van der Waals surface area contributed by atoms with E-state index in [1.165, 1.54) is 6.33 Å². The number of aromatic nitrogens is 4. The second-order valence-electron chi connectivity index (χ2n) is 7.99. The molecule has 1 saturated heterocycles. The lowest BCUT2D eigenvalue weighted by Crippen LogP contribution is -2.32. The van der Waals surface area contributed by atoms with E-state index in [2.05, 4.69) is 26.8 Å². The minimum Gasteiger partial charge on any atom is -0.361 e. The number of carbonyl (C=O) groups excluding carboxylic acids is 1. The Balaban J connectivity index is 2.11. The summed E-state index contributed by atoms with van der Waals surface area (Å²) in [6.45, 7) is 11.2. The summed E-state index contributed by atoms with van der Waals surface area (Å²) in [5.41, 5.74) is 0.152. The van der Waals surface area contributed by atoms with E-state index in [0.29, 0.717) is 23.4 Å². The molecule has 0 radical (unpaired) electrons. The maximum Gasteiger partial charge on any atom is 0.233 e. The Hall–Kier alpha value is -2.55. The Morgan fingerprint density at radius 2 is 2.17 bits per heavy atom. The van der Waals surface area contributed by atoms with E-state index in [1.54, 1.807) is 29.4 Å². The van der Waals surface area contributed by atoms with Gasteiger partial charge >= 0.3 is 0 Å². The van der Waals surface area contributed by atoms with Gasteiger partial charge in [-0.2, -0.15) is 9.97 Å². The van der Waals surface area contributed by atoms with Crippen molar-refractivity contribution >= 4 is 28.8 Å². The zero-order chi connectivity index (χ0) is 21.5. The number of nitrogens with zero attached hydrogens (tertiary/aromatic N) is 5. The molecule has 1 aliphatic heterocycles. The van der Waals surface area contributed by atoms with Crippen LogP contribution in [0.2, 0.25) is 0 Å². The molecule has 29 heavy (non-hydrogen) atoms. The van der Waals surface area contributed by atoms with Gasteiger partial charge in [-0.1, -0.05) is 33.8 Å². The second-order valence-corrected chi connectivity index (χ2v) is 7.99. The van der Waals surface area contributed by atoms with E-state index in [1.807, 2.05) is 27.9 Å². The van der Waals surface area contributed by atoms with Gasteiger partial charge in [0.25, 0.3) is 0 Å². The van der Waals surface area contributed by atoms with E-state index in [-0.39, 0.29) is 23.7 Å². The second kappa shape index (κ2) is 7.70. The number of nitrogens with one attached hydrogen (secondary N) is 1. The van der Waals surface area contributed by atoms with Crippen LogP contribution in [0.4, 0.5) is 16.2 Å². The number of carbonyl (C=O) groups is 1. The molecule has 0 spiro atoms. The number of rotatable bonds is 6. The standard InChI is InChI=1S/C20H29FN6O2/c1-8-20(9-2)12(5)13(21)18(29-20)27-10-22-14-15(26(6)7)23-19(24-16(14)27)25-17(28)11(3)4/h8,10-13,18H,1,9H2,2-7H3,(H,23,24,25,28)/t12-,13+,18+,20+/m0/s1. The van der Waals surface area contributed by atoms with Gasteiger partial charge in [0.1, 0.15) is 0 Å². The quantitative estimate of drug-likeness (QED) is 0.744. The van der Waals surface area contributed by atoms with Gasteiger partial charge in [0, 0.05) is 25.9 Å². The third-order valence-electron chi connectivity index (χ3n) is 5.62. The number of hydrogen-bond acceptors (Lipinski definition) is 6. The van der Waals surface area contributed by atoms with Crippen LogP contribution in [0, 0.1) is 11.8 Å². The van der Waals surface area contributed by atoms with Crippen LogP contribution in [0.15, 0.2) is 19.0 Å². The fourth-order valence-electron chi connectivity index (χ4n) is 3.62. The summed E-state index contributed by atoms with van der Waals surface area (Å²) in [6.07, 6.45) is 1.63. The first-order chi connectivity index (χ1) is 13.6. The molecule has 1 N–H and O–H groups in total. The Labute approximate surface area is 170 Å². The van der Waals surface area contributed by atoms with Crippen molar-refractivity contribution in [3.05, 3.63) is 19.0 Å². The first-order valence-electron chi connectivity index (χ1n) is 9.83. The van der Waals surface area contributed by atoms with Crippen molar-refractivity contribution in [3.8, 4) is 0 Å². The van der Waals surface area contributed by atoms with Gasteiger partial charge in [0.2, 0.25) is 11.9 Å². The number of ether oxygens (including phenoxy) is 1. The highest BCUT2D eigenvalue weighted by Gasteiger charge is 2.51. The third-order valence-corrected chi connectivity index (χ3v) is 5.62. The minimum atomic E-state index is -1.27. The van der Waals surface area contributed by atoms with Gasteiger partial charge in [-0.3, -0.25) is 14.7 Å². The third kappa shape index (κ3) is 3.48. The summed E-state index contributed by atoms with van der Waals surface area (Å²) in [4.78, 5) is 27.2. The van der Waals surface area contributed by atoms with Crippen LogP contribution < -0.4 is 10.2 Å². The van der Waals surface area contributed by atoms with Crippen molar-refractivity contribution in [3.63, 3.8) is 0 Å². The SMILES string of the molecule is C=C[C@]1(CC)O[C@@H](n2cnc3c(N(C)C)nc(NC(=O)C(C)C)nc32)[C@H](F)[C@@H]1C. The summed E-state index contributed by atoms with van der Waals surface area (Å²) >= 11 is 0. The number of fused-ring (bicyclic) bond motifs is 1. The highest BCUT2D eigenvalue weighted by atomic mass is 19.1.